The number of nitrogens with two attached hydrogens (primary N) is 1. The first-order valence-corrected chi connectivity index (χ1v) is 4.05. The average molecular weight is 188 g/mol. The quantitative estimate of drug-likeness (QED) is 0.658. The minimum absolute atomic E-state index is 0.124. The van der Waals surface area contributed by atoms with Crippen LogP contribution in [0.3, 0.4) is 0 Å². The van der Waals surface area contributed by atoms with Crippen LogP contribution in [0.15, 0.2) is 40.4 Å². The van der Waals surface area contributed by atoms with Crippen LogP contribution in [-0.2, 0) is 4.79 Å². The zero-order valence-electron chi connectivity index (χ0n) is 7.27. The van der Waals surface area contributed by atoms with Gasteiger partial charge >= 0.3 is 0 Å². The maximum atomic E-state index is 11.2. The van der Waals surface area contributed by atoms with Crippen LogP contribution >= 0.6 is 0 Å². The number of nitrogens with zero attached hydrogens (tertiary/aromatic N) is 2. The van der Waals surface area contributed by atoms with Crippen molar-refractivity contribution < 1.29 is 4.79 Å². The summed E-state index contributed by atoms with van der Waals surface area (Å²) in [5.74, 6) is -0.245. The van der Waals surface area contributed by atoms with Gasteiger partial charge in [0.1, 0.15) is 0 Å². The molecule has 1 aromatic carbocycles. The van der Waals surface area contributed by atoms with Gasteiger partial charge in [-0.2, -0.15) is 5.10 Å². The van der Waals surface area contributed by atoms with Gasteiger partial charge in [0.05, 0.1) is 5.69 Å². The highest BCUT2D eigenvalue weighted by Crippen LogP contribution is 2.10. The van der Waals surface area contributed by atoms with Crippen molar-refractivity contribution >= 4 is 23.1 Å². The molecule has 0 atom stereocenters. The number of para-hydroxylation sites is 1. The molecule has 0 aliphatic carbocycles. The van der Waals surface area contributed by atoms with Crippen molar-refractivity contribution in [2.75, 3.05) is 0 Å². The molecule has 1 aromatic rings. The number of benzene rings is 1. The maximum Gasteiger partial charge on any atom is 0.293 e. The highest BCUT2D eigenvalue weighted by Gasteiger charge is 2.21. The van der Waals surface area contributed by atoms with Crippen molar-refractivity contribution in [1.82, 2.24) is 5.43 Å². The van der Waals surface area contributed by atoms with Gasteiger partial charge in [-0.3, -0.25) is 4.79 Å². The van der Waals surface area contributed by atoms with Gasteiger partial charge in [0.2, 0.25) is 0 Å². The van der Waals surface area contributed by atoms with E-state index in [4.69, 9.17) is 5.73 Å². The molecule has 14 heavy (non-hydrogen) atoms. The average Bonchev–Trinajstić information content (AvgIpc) is 2.51. The minimum Gasteiger partial charge on any atom is -0.380 e. The van der Waals surface area contributed by atoms with Gasteiger partial charge < -0.3 is 5.73 Å². The molecule has 1 heterocycles. The van der Waals surface area contributed by atoms with E-state index in [1.165, 1.54) is 0 Å². The van der Waals surface area contributed by atoms with Crippen LogP contribution in [0.1, 0.15) is 0 Å². The molecule has 0 unspecified atom stereocenters. The maximum absolute atomic E-state index is 11.2. The van der Waals surface area contributed by atoms with E-state index in [1.807, 2.05) is 18.2 Å². The Balaban J connectivity index is 2.36. The van der Waals surface area contributed by atoms with Gasteiger partial charge in [-0.1, -0.05) is 18.2 Å². The molecular weight excluding hydrogens is 180 g/mol. The third-order valence-corrected chi connectivity index (χ3v) is 1.73. The summed E-state index contributed by atoms with van der Waals surface area (Å²) in [5, 5.41) is 3.56. The number of amides is 1. The Hall–Kier alpha value is -2.17. The molecular formula is C9H8N4O. The molecule has 0 radical (unpaired) electrons. The number of hydrogen-bond acceptors (Lipinski definition) is 4. The van der Waals surface area contributed by atoms with Gasteiger partial charge in [-0.05, 0) is 12.1 Å². The van der Waals surface area contributed by atoms with Gasteiger partial charge in [-0.25, -0.2) is 10.4 Å². The molecule has 0 aromatic heterocycles. The van der Waals surface area contributed by atoms with Crippen LogP contribution < -0.4 is 11.2 Å². The van der Waals surface area contributed by atoms with Gasteiger partial charge in [-0.15, -0.1) is 0 Å². The molecule has 3 N–H and O–H groups in total. The first kappa shape index (κ1) is 8.43. The van der Waals surface area contributed by atoms with E-state index in [9.17, 15) is 4.79 Å². The first-order valence-electron chi connectivity index (χ1n) is 4.05. The fraction of sp³-hybridized carbons (Fsp3) is 0. The van der Waals surface area contributed by atoms with Crippen molar-refractivity contribution in [3.05, 3.63) is 30.3 Å². The number of carbonyl (C=O) groups is 1. The molecule has 5 heteroatoms. The van der Waals surface area contributed by atoms with Crippen molar-refractivity contribution in [2.24, 2.45) is 15.8 Å². The highest BCUT2D eigenvalue weighted by molar-refractivity contribution is 6.68. The number of amidine groups is 1. The van der Waals surface area contributed by atoms with E-state index in [0.717, 1.165) is 0 Å². The Morgan fingerprint density at radius 2 is 2.00 bits per heavy atom. The van der Waals surface area contributed by atoms with Crippen LogP contribution in [0.25, 0.3) is 0 Å². The minimum atomic E-state index is -0.369. The molecule has 1 aliphatic rings. The molecule has 0 saturated heterocycles. The Morgan fingerprint density at radius 3 is 2.57 bits per heavy atom. The van der Waals surface area contributed by atoms with Crippen LogP contribution in [0, 0.1) is 0 Å². The second-order valence-electron chi connectivity index (χ2n) is 2.73. The van der Waals surface area contributed by atoms with Crippen molar-refractivity contribution in [1.29, 1.82) is 0 Å². The van der Waals surface area contributed by atoms with Crippen molar-refractivity contribution in [2.45, 2.75) is 0 Å². The summed E-state index contributed by atoms with van der Waals surface area (Å²) in [4.78, 5) is 15.2. The van der Waals surface area contributed by atoms with E-state index in [2.05, 4.69) is 15.5 Å². The zero-order chi connectivity index (χ0) is 9.97. The first-order chi connectivity index (χ1) is 6.77. The fourth-order valence-electron chi connectivity index (χ4n) is 1.07. The van der Waals surface area contributed by atoms with Gasteiger partial charge in [0.15, 0.2) is 11.5 Å². The number of hydrazone groups is 1. The summed E-state index contributed by atoms with van der Waals surface area (Å²) < 4.78 is 0. The Bertz CT molecular complexity index is 422. The topological polar surface area (TPSA) is 79.8 Å². The monoisotopic (exact) mass is 188 g/mol. The number of carbonyl (C=O) groups excluding carboxylic acids is 1. The molecule has 0 fully saturated rings. The van der Waals surface area contributed by atoms with Gasteiger partial charge in [0.25, 0.3) is 5.91 Å². The zero-order valence-corrected chi connectivity index (χ0v) is 7.27. The summed E-state index contributed by atoms with van der Waals surface area (Å²) in [7, 11) is 0. The van der Waals surface area contributed by atoms with Crippen LogP contribution in [0.2, 0.25) is 0 Å². The molecule has 1 aliphatic heterocycles. The lowest BCUT2D eigenvalue weighted by Crippen LogP contribution is -2.27. The van der Waals surface area contributed by atoms with Crippen LogP contribution in [-0.4, -0.2) is 17.5 Å². The van der Waals surface area contributed by atoms with Gasteiger partial charge in [0, 0.05) is 0 Å². The summed E-state index contributed by atoms with van der Waals surface area (Å²) >= 11 is 0. The third kappa shape index (κ3) is 1.47. The summed E-state index contributed by atoms with van der Waals surface area (Å²) in [5.41, 5.74) is 8.53. The predicted molar refractivity (Wildman–Crippen MR) is 53.3 cm³/mol. The smallest absolute Gasteiger partial charge is 0.293 e. The molecule has 0 bridgehead atoms. The summed E-state index contributed by atoms with van der Waals surface area (Å²) in [6.45, 7) is 0. The number of nitrogens with one attached hydrogen (secondary N) is 1. The third-order valence-electron chi connectivity index (χ3n) is 1.73. The molecule has 5 nitrogen and oxygen atoms in total. The second-order valence-corrected chi connectivity index (χ2v) is 2.73. The fourth-order valence-corrected chi connectivity index (χ4v) is 1.07. The summed E-state index contributed by atoms with van der Waals surface area (Å²) in [6.07, 6.45) is 0. The SMILES string of the molecule is NC1=NNC(=O)C1=Nc1ccccc1. The predicted octanol–water partition coefficient (Wildman–Crippen LogP) is 0.161. The largest absolute Gasteiger partial charge is 0.380 e. The van der Waals surface area contributed by atoms with E-state index in [0.29, 0.717) is 5.69 Å². The van der Waals surface area contributed by atoms with Crippen LogP contribution in [0.5, 0.6) is 0 Å². The lowest BCUT2D eigenvalue weighted by Gasteiger charge is -1.94. The molecule has 0 saturated carbocycles. The Labute approximate surface area is 80.3 Å². The molecule has 0 spiro atoms. The standard InChI is InChI=1S/C9H8N4O/c10-8-7(9(14)13-12-8)11-6-4-2-1-3-5-6/h1-5H,(H3,10,11,12,13,14). The van der Waals surface area contributed by atoms with E-state index in [1.54, 1.807) is 12.1 Å². The highest BCUT2D eigenvalue weighted by atomic mass is 16.2. The van der Waals surface area contributed by atoms with Crippen molar-refractivity contribution in [3.8, 4) is 0 Å². The summed E-state index contributed by atoms with van der Waals surface area (Å²) in [6, 6.07) is 9.10. The number of hydrogen-bond donors (Lipinski definition) is 2. The Kier molecular flexibility index (Phi) is 1.98. The second kappa shape index (κ2) is 3.29. The van der Waals surface area contributed by atoms with E-state index >= 15 is 0 Å². The van der Waals surface area contributed by atoms with E-state index < -0.39 is 0 Å². The van der Waals surface area contributed by atoms with Crippen LogP contribution in [0.4, 0.5) is 5.69 Å². The Morgan fingerprint density at radius 1 is 1.29 bits per heavy atom. The lowest BCUT2D eigenvalue weighted by atomic mass is 10.3. The number of aliphatic imine (C=N–C) groups is 1. The molecule has 1 amide bonds. The normalized spacial score (nSPS) is 18.1. The molecule has 2 rings (SSSR count). The van der Waals surface area contributed by atoms with E-state index in [-0.39, 0.29) is 17.5 Å². The molecule has 70 valence electrons. The van der Waals surface area contributed by atoms with Crippen molar-refractivity contribution in [3.63, 3.8) is 0 Å². The number of rotatable bonds is 1. The lowest BCUT2D eigenvalue weighted by molar-refractivity contribution is -0.114.